The minimum absolute atomic E-state index is 0.121. The molecule has 0 unspecified atom stereocenters. The van der Waals surface area contributed by atoms with E-state index in [1.165, 1.54) is 0 Å². The van der Waals surface area contributed by atoms with Crippen molar-refractivity contribution < 1.29 is 4.79 Å². The zero-order valence-corrected chi connectivity index (χ0v) is 10.1. The van der Waals surface area contributed by atoms with Gasteiger partial charge >= 0.3 is 0 Å². The Bertz CT molecular complexity index is 326. The summed E-state index contributed by atoms with van der Waals surface area (Å²) >= 11 is 2.24. The van der Waals surface area contributed by atoms with Crippen molar-refractivity contribution >= 4 is 28.5 Å². The topological polar surface area (TPSA) is 55.1 Å². The summed E-state index contributed by atoms with van der Waals surface area (Å²) in [6.45, 7) is 2.21. The van der Waals surface area contributed by atoms with Gasteiger partial charge in [-0.2, -0.15) is 0 Å². The molecule has 0 fully saturated rings. The second-order valence-corrected chi connectivity index (χ2v) is 4.26. The van der Waals surface area contributed by atoms with Crippen molar-refractivity contribution in [1.29, 1.82) is 0 Å². The van der Waals surface area contributed by atoms with Gasteiger partial charge in [-0.3, -0.25) is 4.79 Å². The predicted octanol–water partition coefficient (Wildman–Crippen LogP) is 1.25. The number of benzene rings is 1. The Balaban J connectivity index is 2.54. The third-order valence-corrected chi connectivity index (χ3v) is 2.88. The fourth-order valence-corrected chi connectivity index (χ4v) is 1.56. The number of halogens is 1. The first-order valence-corrected chi connectivity index (χ1v) is 5.46. The van der Waals surface area contributed by atoms with Gasteiger partial charge in [0.1, 0.15) is 0 Å². The Morgan fingerprint density at radius 2 is 2.21 bits per heavy atom. The SMILES string of the molecule is C[C@H](N)C(=O)NCc1ccccc1I. The van der Waals surface area contributed by atoms with Gasteiger partial charge in [0.25, 0.3) is 0 Å². The van der Waals surface area contributed by atoms with E-state index in [1.54, 1.807) is 6.92 Å². The summed E-state index contributed by atoms with van der Waals surface area (Å²) in [5.74, 6) is -0.121. The van der Waals surface area contributed by atoms with Gasteiger partial charge < -0.3 is 11.1 Å². The van der Waals surface area contributed by atoms with Gasteiger partial charge in [-0.05, 0) is 41.1 Å². The average Bonchev–Trinajstić information content (AvgIpc) is 2.16. The van der Waals surface area contributed by atoms with Gasteiger partial charge in [0.15, 0.2) is 0 Å². The number of carbonyl (C=O) groups is 1. The van der Waals surface area contributed by atoms with Crippen molar-refractivity contribution in [1.82, 2.24) is 5.32 Å². The van der Waals surface area contributed by atoms with E-state index in [0.29, 0.717) is 6.54 Å². The molecule has 3 nitrogen and oxygen atoms in total. The van der Waals surface area contributed by atoms with Crippen LogP contribution in [0.2, 0.25) is 0 Å². The quantitative estimate of drug-likeness (QED) is 0.826. The molecule has 0 aliphatic rings. The highest BCUT2D eigenvalue weighted by Crippen LogP contribution is 2.10. The van der Waals surface area contributed by atoms with Crippen LogP contribution in [0.15, 0.2) is 24.3 Å². The fraction of sp³-hybridized carbons (Fsp3) is 0.300. The second-order valence-electron chi connectivity index (χ2n) is 3.10. The molecule has 3 N–H and O–H groups in total. The smallest absolute Gasteiger partial charge is 0.236 e. The van der Waals surface area contributed by atoms with Gasteiger partial charge in [0.2, 0.25) is 5.91 Å². The number of nitrogens with two attached hydrogens (primary N) is 1. The Kier molecular flexibility index (Phi) is 4.34. The number of amides is 1. The third kappa shape index (κ3) is 3.26. The maximum absolute atomic E-state index is 11.2. The highest BCUT2D eigenvalue weighted by Gasteiger charge is 2.06. The highest BCUT2D eigenvalue weighted by molar-refractivity contribution is 14.1. The van der Waals surface area contributed by atoms with Crippen LogP contribution in [0.3, 0.4) is 0 Å². The molecule has 0 aromatic heterocycles. The van der Waals surface area contributed by atoms with E-state index in [-0.39, 0.29) is 5.91 Å². The van der Waals surface area contributed by atoms with Crippen LogP contribution in [0.4, 0.5) is 0 Å². The largest absolute Gasteiger partial charge is 0.351 e. The van der Waals surface area contributed by atoms with E-state index in [1.807, 2.05) is 24.3 Å². The van der Waals surface area contributed by atoms with Crippen molar-refractivity contribution in [3.8, 4) is 0 Å². The summed E-state index contributed by atoms with van der Waals surface area (Å²) in [7, 11) is 0. The molecule has 0 aliphatic heterocycles. The van der Waals surface area contributed by atoms with Gasteiger partial charge in [0, 0.05) is 10.1 Å². The molecule has 0 bridgehead atoms. The minimum atomic E-state index is -0.448. The molecule has 1 aromatic carbocycles. The summed E-state index contributed by atoms with van der Waals surface area (Å²) in [6.07, 6.45) is 0. The molecule has 1 amide bonds. The zero-order valence-electron chi connectivity index (χ0n) is 7.96. The normalized spacial score (nSPS) is 12.2. The Labute approximate surface area is 97.2 Å². The van der Waals surface area contributed by atoms with Crippen LogP contribution < -0.4 is 11.1 Å². The van der Waals surface area contributed by atoms with Crippen LogP contribution in [0.1, 0.15) is 12.5 Å². The molecule has 76 valence electrons. The molecule has 0 spiro atoms. The summed E-state index contributed by atoms with van der Waals surface area (Å²) in [5, 5.41) is 2.77. The fourth-order valence-electron chi connectivity index (χ4n) is 0.985. The first-order chi connectivity index (χ1) is 6.61. The first-order valence-electron chi connectivity index (χ1n) is 4.38. The molecule has 1 rings (SSSR count). The van der Waals surface area contributed by atoms with Crippen molar-refractivity contribution in [2.24, 2.45) is 5.73 Å². The Morgan fingerprint density at radius 1 is 1.57 bits per heavy atom. The van der Waals surface area contributed by atoms with E-state index in [2.05, 4.69) is 27.9 Å². The van der Waals surface area contributed by atoms with Crippen molar-refractivity contribution in [3.63, 3.8) is 0 Å². The zero-order chi connectivity index (χ0) is 10.6. The molecule has 1 aromatic rings. The maximum atomic E-state index is 11.2. The van der Waals surface area contributed by atoms with E-state index < -0.39 is 6.04 Å². The van der Waals surface area contributed by atoms with Crippen molar-refractivity contribution in [3.05, 3.63) is 33.4 Å². The molecule has 0 radical (unpaired) electrons. The number of rotatable bonds is 3. The molecule has 14 heavy (non-hydrogen) atoms. The summed E-state index contributed by atoms with van der Waals surface area (Å²) in [4.78, 5) is 11.2. The third-order valence-electron chi connectivity index (χ3n) is 1.82. The van der Waals surface area contributed by atoms with E-state index in [9.17, 15) is 4.79 Å². The lowest BCUT2D eigenvalue weighted by molar-refractivity contribution is -0.122. The molecular weight excluding hydrogens is 291 g/mol. The lowest BCUT2D eigenvalue weighted by atomic mass is 10.2. The van der Waals surface area contributed by atoms with Gasteiger partial charge in [-0.25, -0.2) is 0 Å². The Morgan fingerprint density at radius 3 is 2.79 bits per heavy atom. The number of carbonyl (C=O) groups excluding carboxylic acids is 1. The summed E-state index contributed by atoms with van der Waals surface area (Å²) in [6, 6.07) is 7.47. The predicted molar refractivity (Wildman–Crippen MR) is 64.7 cm³/mol. The lowest BCUT2D eigenvalue weighted by Gasteiger charge is -2.08. The summed E-state index contributed by atoms with van der Waals surface area (Å²) in [5.41, 5.74) is 6.54. The standard InChI is InChI=1S/C10H13IN2O/c1-7(12)10(14)13-6-8-4-2-3-5-9(8)11/h2-5,7H,6,12H2,1H3,(H,13,14)/t7-/m0/s1. The molecular formula is C10H13IN2O. The molecule has 0 aliphatic carbocycles. The van der Waals surface area contributed by atoms with Crippen molar-refractivity contribution in [2.45, 2.75) is 19.5 Å². The summed E-state index contributed by atoms with van der Waals surface area (Å²) < 4.78 is 1.15. The van der Waals surface area contributed by atoms with Crippen LogP contribution in [0.25, 0.3) is 0 Å². The average molecular weight is 304 g/mol. The molecule has 0 saturated carbocycles. The van der Waals surface area contributed by atoms with Crippen LogP contribution in [-0.4, -0.2) is 11.9 Å². The van der Waals surface area contributed by atoms with E-state index >= 15 is 0 Å². The highest BCUT2D eigenvalue weighted by atomic mass is 127. The van der Waals surface area contributed by atoms with Crippen LogP contribution in [0.5, 0.6) is 0 Å². The molecule has 4 heteroatoms. The van der Waals surface area contributed by atoms with Crippen LogP contribution in [0, 0.1) is 3.57 Å². The number of hydrogen-bond acceptors (Lipinski definition) is 2. The van der Waals surface area contributed by atoms with E-state index in [4.69, 9.17) is 5.73 Å². The van der Waals surface area contributed by atoms with Crippen LogP contribution >= 0.6 is 22.6 Å². The molecule has 0 saturated heterocycles. The lowest BCUT2D eigenvalue weighted by Crippen LogP contribution is -2.37. The van der Waals surface area contributed by atoms with Gasteiger partial charge in [-0.15, -0.1) is 0 Å². The Hall–Kier alpha value is -0.620. The van der Waals surface area contributed by atoms with Gasteiger partial charge in [0.05, 0.1) is 6.04 Å². The van der Waals surface area contributed by atoms with Crippen LogP contribution in [-0.2, 0) is 11.3 Å². The molecule has 1 atom stereocenters. The molecule has 0 heterocycles. The monoisotopic (exact) mass is 304 g/mol. The number of nitrogens with one attached hydrogen (secondary N) is 1. The second kappa shape index (κ2) is 5.31. The maximum Gasteiger partial charge on any atom is 0.236 e. The number of hydrogen-bond donors (Lipinski definition) is 2. The van der Waals surface area contributed by atoms with Gasteiger partial charge in [-0.1, -0.05) is 18.2 Å². The van der Waals surface area contributed by atoms with E-state index in [0.717, 1.165) is 9.13 Å². The van der Waals surface area contributed by atoms with Crippen molar-refractivity contribution in [2.75, 3.05) is 0 Å². The minimum Gasteiger partial charge on any atom is -0.351 e. The first kappa shape index (κ1) is 11.5.